The lowest BCUT2D eigenvalue weighted by molar-refractivity contribution is 0.554. The van der Waals surface area contributed by atoms with Crippen LogP contribution in [0.5, 0.6) is 0 Å². The van der Waals surface area contributed by atoms with Crippen LogP contribution in [0.25, 0.3) is 28.3 Å². The Bertz CT molecular complexity index is 980. The fourth-order valence-electron chi connectivity index (χ4n) is 3.24. The Labute approximate surface area is 166 Å². The number of aromatic nitrogens is 3. The van der Waals surface area contributed by atoms with Crippen molar-refractivity contribution in [1.29, 1.82) is 0 Å². The third-order valence-electron chi connectivity index (χ3n) is 5.36. The molecule has 3 nitrogen and oxygen atoms in total. The average molecular weight is 367 g/mol. The second kappa shape index (κ2) is 7.51. The van der Waals surface area contributed by atoms with Crippen LogP contribution in [-0.4, -0.2) is 15.0 Å². The second-order valence-electron chi connectivity index (χ2n) is 7.74. The van der Waals surface area contributed by atoms with E-state index in [4.69, 9.17) is 15.0 Å². The zero-order valence-electron chi connectivity index (χ0n) is 16.8. The Balaban J connectivity index is 1.86. The van der Waals surface area contributed by atoms with Crippen molar-refractivity contribution in [3.63, 3.8) is 0 Å². The summed E-state index contributed by atoms with van der Waals surface area (Å²) in [5.41, 5.74) is 5.51. The van der Waals surface area contributed by atoms with Crippen LogP contribution >= 0.6 is 0 Å². The second-order valence-corrected chi connectivity index (χ2v) is 7.74. The molecule has 2 aromatic carbocycles. The van der Waals surface area contributed by atoms with E-state index in [1.807, 2.05) is 0 Å². The molecule has 0 radical (unpaired) electrons. The first-order valence-electron chi connectivity index (χ1n) is 9.80. The van der Waals surface area contributed by atoms with Crippen molar-refractivity contribution in [2.24, 2.45) is 11.8 Å². The zero-order valence-corrected chi connectivity index (χ0v) is 16.8. The molecule has 140 valence electrons. The van der Waals surface area contributed by atoms with Crippen molar-refractivity contribution < 1.29 is 0 Å². The predicted octanol–water partition coefficient (Wildman–Crippen LogP) is 6.05. The third kappa shape index (κ3) is 3.79. The lowest BCUT2D eigenvalue weighted by atomic mass is 9.88. The van der Waals surface area contributed by atoms with Crippen molar-refractivity contribution in [2.45, 2.75) is 27.7 Å². The van der Waals surface area contributed by atoms with Crippen LogP contribution in [0.1, 0.15) is 30.8 Å². The molecule has 0 saturated carbocycles. The Morgan fingerprint density at radius 1 is 0.607 bits per heavy atom. The van der Waals surface area contributed by atoms with Gasteiger partial charge in [0.2, 0.25) is 0 Å². The van der Waals surface area contributed by atoms with Gasteiger partial charge in [-0.1, -0.05) is 91.7 Å². The minimum absolute atomic E-state index is 0.461. The Hall–Kier alpha value is -3.07. The SMILES string of the molecule is Cc1ccc(-c2nc(C3=C[C@@H](C)C(C)C=C3)nc(-c3ccc(C)cc3)n2)cc1. The first-order chi connectivity index (χ1) is 13.5. The molecule has 4 rings (SSSR count). The number of aryl methyl sites for hydroxylation is 2. The molecule has 1 aliphatic carbocycles. The minimum Gasteiger partial charge on any atom is -0.208 e. The molecule has 0 aliphatic heterocycles. The van der Waals surface area contributed by atoms with Gasteiger partial charge in [-0.3, -0.25) is 0 Å². The van der Waals surface area contributed by atoms with Gasteiger partial charge in [0.15, 0.2) is 17.5 Å². The molecular formula is C25H25N3. The Morgan fingerprint density at radius 2 is 1.07 bits per heavy atom. The summed E-state index contributed by atoms with van der Waals surface area (Å²) in [5, 5.41) is 0. The van der Waals surface area contributed by atoms with Gasteiger partial charge in [0.25, 0.3) is 0 Å². The van der Waals surface area contributed by atoms with E-state index < -0.39 is 0 Å². The highest BCUT2D eigenvalue weighted by molar-refractivity contribution is 5.73. The van der Waals surface area contributed by atoms with Gasteiger partial charge in [0.05, 0.1) is 0 Å². The maximum atomic E-state index is 4.82. The van der Waals surface area contributed by atoms with Crippen LogP contribution in [0.15, 0.2) is 66.8 Å². The molecule has 0 fully saturated rings. The largest absolute Gasteiger partial charge is 0.208 e. The highest BCUT2D eigenvalue weighted by atomic mass is 15.0. The molecular weight excluding hydrogens is 342 g/mol. The molecule has 1 unspecified atom stereocenters. The lowest BCUT2D eigenvalue weighted by Crippen LogP contribution is -2.09. The summed E-state index contributed by atoms with van der Waals surface area (Å²) in [5.74, 6) is 3.14. The van der Waals surface area contributed by atoms with E-state index in [2.05, 4.69) is 94.5 Å². The summed E-state index contributed by atoms with van der Waals surface area (Å²) in [6.07, 6.45) is 6.64. The molecule has 0 saturated heterocycles. The van der Waals surface area contributed by atoms with Crippen molar-refractivity contribution in [3.8, 4) is 22.8 Å². The van der Waals surface area contributed by atoms with Crippen LogP contribution in [-0.2, 0) is 0 Å². The number of nitrogens with zero attached hydrogens (tertiary/aromatic N) is 3. The normalized spacial score (nSPS) is 18.8. The summed E-state index contributed by atoms with van der Waals surface area (Å²) >= 11 is 0. The minimum atomic E-state index is 0.461. The number of rotatable bonds is 3. The molecule has 3 heteroatoms. The van der Waals surface area contributed by atoms with Gasteiger partial charge in [-0.05, 0) is 25.7 Å². The summed E-state index contributed by atoms with van der Waals surface area (Å²) in [4.78, 5) is 14.4. The van der Waals surface area contributed by atoms with Gasteiger partial charge >= 0.3 is 0 Å². The van der Waals surface area contributed by atoms with E-state index >= 15 is 0 Å². The van der Waals surface area contributed by atoms with Crippen molar-refractivity contribution in [3.05, 3.63) is 83.7 Å². The molecule has 3 aromatic rings. The Morgan fingerprint density at radius 3 is 1.54 bits per heavy atom. The summed E-state index contributed by atoms with van der Waals surface area (Å²) in [7, 11) is 0. The van der Waals surface area contributed by atoms with Gasteiger partial charge in [-0.25, -0.2) is 15.0 Å². The van der Waals surface area contributed by atoms with Crippen LogP contribution < -0.4 is 0 Å². The monoisotopic (exact) mass is 367 g/mol. The maximum absolute atomic E-state index is 4.82. The van der Waals surface area contributed by atoms with Crippen LogP contribution in [0.3, 0.4) is 0 Å². The number of hydrogen-bond donors (Lipinski definition) is 0. The standard InChI is InChI=1S/C25H25N3/c1-16-5-10-20(11-6-16)23-26-24(21-12-7-17(2)8-13-21)28-25(27-23)22-14-9-18(3)19(4)15-22/h5-15,18-19H,1-4H3/t18?,19-/m1/s1. The van der Waals surface area contributed by atoms with E-state index in [0.29, 0.717) is 23.5 Å². The quantitative estimate of drug-likeness (QED) is 0.566. The molecule has 0 amide bonds. The predicted molar refractivity (Wildman–Crippen MR) is 116 cm³/mol. The number of hydrogen-bond acceptors (Lipinski definition) is 3. The van der Waals surface area contributed by atoms with Crippen LogP contribution in [0, 0.1) is 25.7 Å². The average Bonchev–Trinajstić information content (AvgIpc) is 2.71. The smallest absolute Gasteiger partial charge is 0.164 e. The van der Waals surface area contributed by atoms with Crippen molar-refractivity contribution in [1.82, 2.24) is 15.0 Å². The molecule has 0 N–H and O–H groups in total. The fourth-order valence-corrected chi connectivity index (χ4v) is 3.24. The highest BCUT2D eigenvalue weighted by Gasteiger charge is 2.17. The molecule has 1 aliphatic rings. The van der Waals surface area contributed by atoms with E-state index in [1.54, 1.807) is 0 Å². The third-order valence-corrected chi connectivity index (χ3v) is 5.36. The van der Waals surface area contributed by atoms with Gasteiger partial charge < -0.3 is 0 Å². The van der Waals surface area contributed by atoms with Crippen LogP contribution in [0.4, 0.5) is 0 Å². The molecule has 2 atom stereocenters. The molecule has 0 spiro atoms. The Kier molecular flexibility index (Phi) is 4.91. The molecule has 1 heterocycles. The fraction of sp³-hybridized carbons (Fsp3) is 0.240. The number of allylic oxidation sites excluding steroid dienone is 4. The first-order valence-corrected chi connectivity index (χ1v) is 9.80. The van der Waals surface area contributed by atoms with E-state index in [1.165, 1.54) is 11.1 Å². The van der Waals surface area contributed by atoms with Gasteiger partial charge in [0, 0.05) is 16.7 Å². The highest BCUT2D eigenvalue weighted by Crippen LogP contribution is 2.29. The summed E-state index contributed by atoms with van der Waals surface area (Å²) in [6, 6.07) is 16.7. The first kappa shape index (κ1) is 18.3. The van der Waals surface area contributed by atoms with Gasteiger partial charge in [-0.15, -0.1) is 0 Å². The van der Waals surface area contributed by atoms with E-state index in [-0.39, 0.29) is 0 Å². The van der Waals surface area contributed by atoms with Crippen molar-refractivity contribution in [2.75, 3.05) is 0 Å². The van der Waals surface area contributed by atoms with Gasteiger partial charge in [-0.2, -0.15) is 0 Å². The topological polar surface area (TPSA) is 38.7 Å². The zero-order chi connectivity index (χ0) is 19.7. The van der Waals surface area contributed by atoms with E-state index in [9.17, 15) is 0 Å². The van der Waals surface area contributed by atoms with Gasteiger partial charge in [0.1, 0.15) is 0 Å². The van der Waals surface area contributed by atoms with Crippen molar-refractivity contribution >= 4 is 5.57 Å². The molecule has 28 heavy (non-hydrogen) atoms. The number of benzene rings is 2. The van der Waals surface area contributed by atoms with Crippen LogP contribution in [0.2, 0.25) is 0 Å². The summed E-state index contributed by atoms with van der Waals surface area (Å²) < 4.78 is 0. The van der Waals surface area contributed by atoms with E-state index in [0.717, 1.165) is 22.5 Å². The molecule has 0 bridgehead atoms. The molecule has 1 aromatic heterocycles. The summed E-state index contributed by atoms with van der Waals surface area (Å²) in [6.45, 7) is 8.63. The maximum Gasteiger partial charge on any atom is 0.164 e. The lowest BCUT2D eigenvalue weighted by Gasteiger charge is -2.19.